The maximum Gasteiger partial charge on any atom is 0.358 e. The lowest BCUT2D eigenvalue weighted by atomic mass is 10.1. The summed E-state index contributed by atoms with van der Waals surface area (Å²) in [5.41, 5.74) is 0.968. The third-order valence-corrected chi connectivity index (χ3v) is 4.68. The molecule has 0 bridgehead atoms. The number of fused-ring (bicyclic) bond motifs is 1. The van der Waals surface area contributed by atoms with Gasteiger partial charge in [0.25, 0.3) is 0 Å². The van der Waals surface area contributed by atoms with Crippen LogP contribution < -0.4 is 9.47 Å². The number of aromatic nitrogens is 1. The summed E-state index contributed by atoms with van der Waals surface area (Å²) in [6.45, 7) is 0.925. The van der Waals surface area contributed by atoms with Crippen LogP contribution in [0.1, 0.15) is 10.5 Å². The third kappa shape index (κ3) is 2.73. The number of hydrogen-bond donors (Lipinski definition) is 0. The number of ether oxygens (including phenoxy) is 3. The van der Waals surface area contributed by atoms with Crippen molar-refractivity contribution in [2.45, 2.75) is 0 Å². The van der Waals surface area contributed by atoms with E-state index in [1.165, 1.54) is 18.4 Å². The van der Waals surface area contributed by atoms with E-state index in [0.29, 0.717) is 38.5 Å². The zero-order valence-corrected chi connectivity index (χ0v) is 14.0. The molecule has 0 N–H and O–H groups in total. The fraction of sp³-hybridized carbons (Fsp3) is 0.231. The lowest BCUT2D eigenvalue weighted by Gasteiger charge is -2.20. The topological polar surface area (TPSA) is 57.7 Å². The van der Waals surface area contributed by atoms with Crippen LogP contribution in [0.5, 0.6) is 11.5 Å². The number of carbonyl (C=O) groups is 1. The first kappa shape index (κ1) is 14.6. The Morgan fingerprint density at radius 1 is 1.43 bits per heavy atom. The van der Waals surface area contributed by atoms with Crippen molar-refractivity contribution in [2.24, 2.45) is 0 Å². The number of nitrogens with zero attached hydrogens (tertiary/aromatic N) is 1. The minimum Gasteiger partial charge on any atom is -0.486 e. The van der Waals surface area contributed by atoms with Gasteiger partial charge in [-0.1, -0.05) is 11.6 Å². The summed E-state index contributed by atoms with van der Waals surface area (Å²) in [6, 6.07) is 3.51. The van der Waals surface area contributed by atoms with Crippen LogP contribution in [-0.4, -0.2) is 31.3 Å². The van der Waals surface area contributed by atoms with Crippen LogP contribution in [0.15, 0.2) is 16.0 Å². The van der Waals surface area contributed by atoms with Gasteiger partial charge >= 0.3 is 5.97 Å². The summed E-state index contributed by atoms with van der Waals surface area (Å²) < 4.78 is 16.4. The number of thiazole rings is 1. The summed E-state index contributed by atoms with van der Waals surface area (Å²) in [7, 11) is 1.32. The summed E-state index contributed by atoms with van der Waals surface area (Å²) in [6.07, 6.45) is 0. The fourth-order valence-corrected chi connectivity index (χ4v) is 3.66. The van der Waals surface area contributed by atoms with Crippen molar-refractivity contribution in [3.8, 4) is 21.9 Å². The molecule has 2 aromatic rings. The molecule has 0 fully saturated rings. The summed E-state index contributed by atoms with van der Waals surface area (Å²) in [5, 5.41) is 0.433. The molecule has 0 saturated heterocycles. The molecule has 0 atom stereocenters. The highest BCUT2D eigenvalue weighted by Gasteiger charge is 2.23. The first-order valence-electron chi connectivity index (χ1n) is 5.94. The Hall–Kier alpha value is -1.31. The molecule has 1 aromatic heterocycles. The largest absolute Gasteiger partial charge is 0.486 e. The quantitative estimate of drug-likeness (QED) is 0.730. The van der Waals surface area contributed by atoms with E-state index in [1.54, 1.807) is 12.1 Å². The minimum atomic E-state index is -0.502. The van der Waals surface area contributed by atoms with Crippen LogP contribution >= 0.6 is 38.9 Å². The molecule has 0 radical (unpaired) electrons. The monoisotopic (exact) mass is 389 g/mol. The Balaban J connectivity index is 2.13. The van der Waals surface area contributed by atoms with E-state index in [2.05, 4.69) is 20.9 Å². The van der Waals surface area contributed by atoms with Crippen molar-refractivity contribution in [2.75, 3.05) is 20.3 Å². The SMILES string of the molecule is COC(=O)c1nc(Br)sc1-c1cc(Cl)c2c(c1)OCCO2. The van der Waals surface area contributed by atoms with E-state index < -0.39 is 5.97 Å². The van der Waals surface area contributed by atoms with Gasteiger partial charge < -0.3 is 14.2 Å². The van der Waals surface area contributed by atoms with Gasteiger partial charge in [0.2, 0.25) is 0 Å². The summed E-state index contributed by atoms with van der Waals surface area (Å²) in [4.78, 5) is 16.6. The standard InChI is InChI=1S/C13H9BrClNO4S/c1-18-12(17)9-11(21-13(14)16-9)6-4-7(15)10-8(5-6)19-2-3-20-10/h4-5H,2-3H2,1H3. The van der Waals surface area contributed by atoms with Gasteiger partial charge in [-0.3, -0.25) is 0 Å². The highest BCUT2D eigenvalue weighted by molar-refractivity contribution is 9.11. The molecule has 5 nitrogen and oxygen atoms in total. The van der Waals surface area contributed by atoms with E-state index in [-0.39, 0.29) is 5.69 Å². The molecule has 0 unspecified atom stereocenters. The Kier molecular flexibility index (Phi) is 4.05. The van der Waals surface area contributed by atoms with Crippen LogP contribution in [-0.2, 0) is 4.74 Å². The molecule has 8 heteroatoms. The summed E-state index contributed by atoms with van der Waals surface area (Å²) >= 11 is 10.8. The van der Waals surface area contributed by atoms with E-state index in [9.17, 15) is 4.79 Å². The Labute approximate surface area is 137 Å². The van der Waals surface area contributed by atoms with E-state index in [0.717, 1.165) is 5.56 Å². The molecule has 1 aromatic carbocycles. The number of methoxy groups -OCH3 is 1. The lowest BCUT2D eigenvalue weighted by Crippen LogP contribution is -2.15. The van der Waals surface area contributed by atoms with Crippen LogP contribution in [0.3, 0.4) is 0 Å². The average Bonchev–Trinajstić information content (AvgIpc) is 2.88. The molecule has 0 saturated carbocycles. The van der Waals surface area contributed by atoms with Gasteiger partial charge in [-0.2, -0.15) is 0 Å². The summed E-state index contributed by atoms with van der Waals surface area (Å²) in [5.74, 6) is 0.580. The first-order valence-corrected chi connectivity index (χ1v) is 7.93. The minimum absolute atomic E-state index is 0.238. The van der Waals surface area contributed by atoms with Gasteiger partial charge in [-0.25, -0.2) is 9.78 Å². The van der Waals surface area contributed by atoms with Crippen molar-refractivity contribution < 1.29 is 19.0 Å². The second-order valence-corrected chi connectivity index (χ2v) is 6.80. The lowest BCUT2D eigenvalue weighted by molar-refractivity contribution is 0.0595. The first-order chi connectivity index (χ1) is 10.1. The number of halogens is 2. The van der Waals surface area contributed by atoms with Crippen molar-refractivity contribution in [1.82, 2.24) is 4.98 Å². The molecule has 1 aliphatic rings. The normalized spacial score (nSPS) is 13.1. The van der Waals surface area contributed by atoms with Crippen molar-refractivity contribution in [3.05, 3.63) is 26.8 Å². The maximum atomic E-state index is 11.8. The van der Waals surface area contributed by atoms with Crippen molar-refractivity contribution >= 4 is 44.8 Å². The molecule has 1 aliphatic heterocycles. The average molecular weight is 391 g/mol. The zero-order chi connectivity index (χ0) is 15.0. The molecule has 21 heavy (non-hydrogen) atoms. The predicted molar refractivity (Wildman–Crippen MR) is 82.6 cm³/mol. The molecule has 2 heterocycles. The number of rotatable bonds is 2. The molecule has 0 amide bonds. The molecular weight excluding hydrogens is 382 g/mol. The zero-order valence-electron chi connectivity index (χ0n) is 10.8. The van der Waals surface area contributed by atoms with E-state index >= 15 is 0 Å². The Morgan fingerprint density at radius 2 is 2.19 bits per heavy atom. The highest BCUT2D eigenvalue weighted by Crippen LogP contribution is 2.43. The number of hydrogen-bond acceptors (Lipinski definition) is 6. The third-order valence-electron chi connectivity index (χ3n) is 2.84. The molecule has 3 rings (SSSR count). The number of esters is 1. The van der Waals surface area contributed by atoms with Crippen molar-refractivity contribution in [3.63, 3.8) is 0 Å². The maximum absolute atomic E-state index is 11.8. The Bertz CT molecular complexity index is 718. The van der Waals surface area contributed by atoms with Gasteiger partial charge in [0.05, 0.1) is 17.0 Å². The van der Waals surface area contributed by atoms with E-state index in [4.69, 9.17) is 25.8 Å². The smallest absolute Gasteiger partial charge is 0.358 e. The van der Waals surface area contributed by atoms with Gasteiger partial charge in [0.15, 0.2) is 21.1 Å². The van der Waals surface area contributed by atoms with Crippen LogP contribution in [0.25, 0.3) is 10.4 Å². The molecule has 0 aliphatic carbocycles. The number of benzene rings is 1. The van der Waals surface area contributed by atoms with Gasteiger partial charge in [0.1, 0.15) is 13.2 Å². The molecule has 0 spiro atoms. The Morgan fingerprint density at radius 3 is 2.95 bits per heavy atom. The molecular formula is C13H9BrClNO4S. The van der Waals surface area contributed by atoms with Gasteiger partial charge in [-0.15, -0.1) is 11.3 Å². The van der Waals surface area contributed by atoms with Crippen LogP contribution in [0, 0.1) is 0 Å². The predicted octanol–water partition coefficient (Wildman–Crippen LogP) is 3.78. The van der Waals surface area contributed by atoms with Gasteiger partial charge in [0, 0.05) is 0 Å². The second-order valence-electron chi connectivity index (χ2n) is 4.12. The van der Waals surface area contributed by atoms with Gasteiger partial charge in [-0.05, 0) is 33.6 Å². The van der Waals surface area contributed by atoms with E-state index in [1.807, 2.05) is 0 Å². The van der Waals surface area contributed by atoms with Crippen molar-refractivity contribution in [1.29, 1.82) is 0 Å². The highest BCUT2D eigenvalue weighted by atomic mass is 79.9. The number of carbonyl (C=O) groups excluding carboxylic acids is 1. The van der Waals surface area contributed by atoms with Crippen LogP contribution in [0.2, 0.25) is 5.02 Å². The molecule has 110 valence electrons. The fourth-order valence-electron chi connectivity index (χ4n) is 1.97. The van der Waals surface area contributed by atoms with Crippen LogP contribution in [0.4, 0.5) is 0 Å². The second kappa shape index (κ2) is 5.82.